The third kappa shape index (κ3) is 2.61. The van der Waals surface area contributed by atoms with Gasteiger partial charge in [-0.05, 0) is 42.3 Å². The van der Waals surface area contributed by atoms with Crippen LogP contribution in [0, 0.1) is 5.82 Å². The van der Waals surface area contributed by atoms with Crippen LogP contribution in [0.4, 0.5) is 15.9 Å². The summed E-state index contributed by atoms with van der Waals surface area (Å²) < 4.78 is 13.9. The van der Waals surface area contributed by atoms with Gasteiger partial charge in [-0.25, -0.2) is 24.3 Å². The molecule has 0 bridgehead atoms. The molecule has 5 aromatic rings. The molecule has 4 aromatic heterocycles. The predicted octanol–water partition coefficient (Wildman–Crippen LogP) is 4.45. The molecular formula is C21H13ClFN7. The van der Waals surface area contributed by atoms with Gasteiger partial charge in [0.05, 0.1) is 22.4 Å². The topological polar surface area (TPSA) is 83.5 Å². The molecule has 9 heteroatoms. The predicted molar refractivity (Wildman–Crippen MR) is 112 cm³/mol. The number of fused-ring (bicyclic) bond motifs is 3. The highest BCUT2D eigenvalue weighted by atomic mass is 35.5. The number of hydrogen-bond acceptors (Lipinski definition) is 6. The van der Waals surface area contributed by atoms with Crippen LogP contribution in [0.5, 0.6) is 0 Å². The summed E-state index contributed by atoms with van der Waals surface area (Å²) in [5, 5.41) is 7.86. The van der Waals surface area contributed by atoms with E-state index in [0.717, 1.165) is 39.1 Å². The summed E-state index contributed by atoms with van der Waals surface area (Å²) >= 11 is 6.04. The van der Waals surface area contributed by atoms with Gasteiger partial charge in [0, 0.05) is 29.4 Å². The number of halogens is 2. The SMILES string of the molecule is Fc1cc2c(cc1Cl)N(c1ncnc3ccc(-c4cnc5[nH]ncc5c4)nc13)CC2. The maximum absolute atomic E-state index is 13.9. The normalized spacial score (nSPS) is 13.3. The zero-order valence-corrected chi connectivity index (χ0v) is 16.2. The summed E-state index contributed by atoms with van der Waals surface area (Å²) in [5.74, 6) is 0.257. The number of rotatable bonds is 2. The molecule has 1 aliphatic rings. The molecule has 30 heavy (non-hydrogen) atoms. The average Bonchev–Trinajstić information content (AvgIpc) is 3.39. The van der Waals surface area contributed by atoms with Crippen molar-refractivity contribution >= 4 is 45.2 Å². The smallest absolute Gasteiger partial charge is 0.163 e. The Morgan fingerprint density at radius 1 is 1.07 bits per heavy atom. The summed E-state index contributed by atoms with van der Waals surface area (Å²) in [6.07, 6.45) is 5.70. The van der Waals surface area contributed by atoms with Crippen LogP contribution in [0.1, 0.15) is 5.56 Å². The first-order valence-electron chi connectivity index (χ1n) is 9.34. The third-order valence-electron chi connectivity index (χ3n) is 5.32. The van der Waals surface area contributed by atoms with Gasteiger partial charge < -0.3 is 4.90 Å². The van der Waals surface area contributed by atoms with E-state index in [2.05, 4.69) is 25.1 Å². The number of nitrogens with zero attached hydrogens (tertiary/aromatic N) is 6. The maximum atomic E-state index is 13.9. The molecule has 0 atom stereocenters. The van der Waals surface area contributed by atoms with E-state index in [1.54, 1.807) is 18.5 Å². The van der Waals surface area contributed by atoms with Gasteiger partial charge in [-0.2, -0.15) is 5.10 Å². The highest BCUT2D eigenvalue weighted by Gasteiger charge is 2.25. The molecule has 0 fully saturated rings. The number of benzene rings is 1. The molecule has 1 aromatic carbocycles. The van der Waals surface area contributed by atoms with E-state index in [1.807, 2.05) is 23.1 Å². The Morgan fingerprint density at radius 2 is 2.00 bits per heavy atom. The van der Waals surface area contributed by atoms with Crippen LogP contribution >= 0.6 is 11.6 Å². The zero-order valence-electron chi connectivity index (χ0n) is 15.5. The van der Waals surface area contributed by atoms with Crippen LogP contribution in [0.15, 0.2) is 49.1 Å². The largest absolute Gasteiger partial charge is 0.324 e. The number of anilines is 2. The molecule has 0 unspecified atom stereocenters. The van der Waals surface area contributed by atoms with Gasteiger partial charge in [0.2, 0.25) is 0 Å². The summed E-state index contributed by atoms with van der Waals surface area (Å²) in [7, 11) is 0. The molecule has 7 nitrogen and oxygen atoms in total. The lowest BCUT2D eigenvalue weighted by Crippen LogP contribution is -2.16. The van der Waals surface area contributed by atoms with Crippen molar-refractivity contribution in [2.45, 2.75) is 6.42 Å². The molecular weight excluding hydrogens is 405 g/mol. The van der Waals surface area contributed by atoms with E-state index >= 15 is 0 Å². The molecule has 5 heterocycles. The first-order chi connectivity index (χ1) is 14.7. The lowest BCUT2D eigenvalue weighted by Gasteiger charge is -2.19. The monoisotopic (exact) mass is 417 g/mol. The van der Waals surface area contributed by atoms with E-state index in [1.165, 1.54) is 12.4 Å². The first-order valence-corrected chi connectivity index (χ1v) is 9.72. The molecule has 0 saturated carbocycles. The second kappa shape index (κ2) is 6.43. The average molecular weight is 418 g/mol. The Balaban J connectivity index is 1.51. The Kier molecular flexibility index (Phi) is 3.69. The number of pyridine rings is 2. The van der Waals surface area contributed by atoms with E-state index in [-0.39, 0.29) is 5.02 Å². The van der Waals surface area contributed by atoms with Crippen molar-refractivity contribution in [1.82, 2.24) is 30.1 Å². The fourth-order valence-corrected chi connectivity index (χ4v) is 4.02. The minimum atomic E-state index is -0.410. The van der Waals surface area contributed by atoms with E-state index < -0.39 is 5.82 Å². The van der Waals surface area contributed by atoms with E-state index in [9.17, 15) is 4.39 Å². The Bertz CT molecular complexity index is 1450. The van der Waals surface area contributed by atoms with Gasteiger partial charge in [-0.1, -0.05) is 11.6 Å². The number of aromatic nitrogens is 6. The van der Waals surface area contributed by atoms with Crippen molar-refractivity contribution in [2.24, 2.45) is 0 Å². The summed E-state index contributed by atoms with van der Waals surface area (Å²) in [5.41, 5.74) is 5.47. The third-order valence-corrected chi connectivity index (χ3v) is 5.61. The second-order valence-electron chi connectivity index (χ2n) is 7.09. The molecule has 0 radical (unpaired) electrons. The molecule has 1 N–H and O–H groups in total. The van der Waals surface area contributed by atoms with Crippen LogP contribution in [0.2, 0.25) is 5.02 Å². The Labute approximate surface area is 174 Å². The maximum Gasteiger partial charge on any atom is 0.163 e. The second-order valence-corrected chi connectivity index (χ2v) is 7.50. The summed E-state index contributed by atoms with van der Waals surface area (Å²) in [6, 6.07) is 8.94. The fourth-order valence-electron chi connectivity index (χ4n) is 3.86. The van der Waals surface area contributed by atoms with Gasteiger partial charge in [0.1, 0.15) is 17.7 Å². The van der Waals surface area contributed by atoms with Crippen LogP contribution in [-0.4, -0.2) is 36.7 Å². The molecule has 6 rings (SSSR count). The van der Waals surface area contributed by atoms with Gasteiger partial charge >= 0.3 is 0 Å². The minimum Gasteiger partial charge on any atom is -0.324 e. The number of H-pyrrole nitrogens is 1. The summed E-state index contributed by atoms with van der Waals surface area (Å²) in [4.78, 5) is 20.1. The summed E-state index contributed by atoms with van der Waals surface area (Å²) in [6.45, 7) is 0.662. The van der Waals surface area contributed by atoms with Crippen molar-refractivity contribution in [1.29, 1.82) is 0 Å². The van der Waals surface area contributed by atoms with Crippen LogP contribution in [-0.2, 0) is 6.42 Å². The number of aromatic amines is 1. The minimum absolute atomic E-state index is 0.0900. The highest BCUT2D eigenvalue weighted by Crippen LogP contribution is 2.38. The quantitative estimate of drug-likeness (QED) is 0.457. The lowest BCUT2D eigenvalue weighted by molar-refractivity contribution is 0.627. The zero-order chi connectivity index (χ0) is 20.2. The molecule has 0 amide bonds. The Morgan fingerprint density at radius 3 is 2.93 bits per heavy atom. The Hall–Kier alpha value is -3.65. The van der Waals surface area contributed by atoms with Gasteiger partial charge in [0.25, 0.3) is 0 Å². The molecule has 0 saturated heterocycles. The number of hydrogen-bond donors (Lipinski definition) is 1. The lowest BCUT2D eigenvalue weighted by atomic mass is 10.1. The van der Waals surface area contributed by atoms with Gasteiger partial charge in [-0.15, -0.1) is 0 Å². The van der Waals surface area contributed by atoms with Gasteiger partial charge in [0.15, 0.2) is 11.5 Å². The van der Waals surface area contributed by atoms with Crippen molar-refractivity contribution in [2.75, 3.05) is 11.4 Å². The molecule has 0 spiro atoms. The highest BCUT2D eigenvalue weighted by molar-refractivity contribution is 6.31. The van der Waals surface area contributed by atoms with Crippen LogP contribution < -0.4 is 4.90 Å². The van der Waals surface area contributed by atoms with Crippen LogP contribution in [0.3, 0.4) is 0 Å². The van der Waals surface area contributed by atoms with E-state index in [0.29, 0.717) is 24.3 Å². The molecule has 0 aliphatic carbocycles. The fraction of sp³-hybridized carbons (Fsp3) is 0.0952. The molecule has 1 aliphatic heterocycles. The molecule has 146 valence electrons. The van der Waals surface area contributed by atoms with Crippen molar-refractivity contribution < 1.29 is 4.39 Å². The van der Waals surface area contributed by atoms with Crippen molar-refractivity contribution in [3.8, 4) is 11.3 Å². The first kappa shape index (κ1) is 17.2. The van der Waals surface area contributed by atoms with E-state index in [4.69, 9.17) is 16.6 Å². The number of nitrogens with one attached hydrogen (secondary N) is 1. The van der Waals surface area contributed by atoms with Crippen molar-refractivity contribution in [3.05, 3.63) is 65.5 Å². The van der Waals surface area contributed by atoms with Gasteiger partial charge in [-0.3, -0.25) is 5.10 Å². The standard InChI is InChI=1S/C21H13ClFN7/c22-14-7-18-11(6-15(14)23)3-4-30(18)21-19-17(25-10-26-21)2-1-16(28-19)12-5-13-9-27-29-20(13)24-8-12/h1-2,5-10H,3-4H2,(H,24,27,29). The van der Waals surface area contributed by atoms with Crippen LogP contribution in [0.25, 0.3) is 33.3 Å². The van der Waals surface area contributed by atoms with Crippen molar-refractivity contribution in [3.63, 3.8) is 0 Å².